The summed E-state index contributed by atoms with van der Waals surface area (Å²) < 4.78 is 10.7. The molecule has 1 saturated heterocycles. The largest absolute Gasteiger partial charge is 0.484 e. The molecule has 7 nitrogen and oxygen atoms in total. The van der Waals surface area contributed by atoms with Gasteiger partial charge in [0.15, 0.2) is 12.1 Å². The van der Waals surface area contributed by atoms with E-state index in [4.69, 9.17) is 21.1 Å². The number of ether oxygens (including phenoxy) is 2. The lowest BCUT2D eigenvalue weighted by Gasteiger charge is -2.46. The van der Waals surface area contributed by atoms with E-state index in [-0.39, 0.29) is 23.1 Å². The van der Waals surface area contributed by atoms with Gasteiger partial charge in [-0.3, -0.25) is 9.59 Å². The highest BCUT2D eigenvalue weighted by molar-refractivity contribution is 6.30. The molecule has 0 bridgehead atoms. The van der Waals surface area contributed by atoms with Gasteiger partial charge < -0.3 is 19.7 Å². The Kier molecular flexibility index (Phi) is 8.63. The quantitative estimate of drug-likeness (QED) is 0.645. The fourth-order valence-corrected chi connectivity index (χ4v) is 5.30. The van der Waals surface area contributed by atoms with Crippen LogP contribution in [0.4, 0.5) is 0 Å². The molecule has 2 amide bonds. The molecular formula is C26H38ClN3O4. The van der Waals surface area contributed by atoms with E-state index in [0.29, 0.717) is 37.7 Å². The molecule has 1 N–H and O–H groups in total. The molecule has 0 radical (unpaired) electrons. The molecule has 1 fully saturated rings. The first-order valence-electron chi connectivity index (χ1n) is 12.1. The van der Waals surface area contributed by atoms with E-state index in [0.717, 1.165) is 11.4 Å². The minimum atomic E-state index is -0.610. The third kappa shape index (κ3) is 5.92. The second kappa shape index (κ2) is 11.1. The molecule has 2 aliphatic rings. The number of hydrogen-bond acceptors (Lipinski definition) is 5. The first-order chi connectivity index (χ1) is 16.1. The van der Waals surface area contributed by atoms with Crippen LogP contribution in [0.2, 0.25) is 5.02 Å². The summed E-state index contributed by atoms with van der Waals surface area (Å²) in [4.78, 5) is 33.1. The van der Waals surface area contributed by atoms with Gasteiger partial charge in [0.2, 0.25) is 11.8 Å². The van der Waals surface area contributed by atoms with Gasteiger partial charge in [-0.2, -0.15) is 0 Å². The first-order valence-corrected chi connectivity index (χ1v) is 12.4. The van der Waals surface area contributed by atoms with E-state index in [2.05, 4.69) is 36.3 Å². The second-order valence-electron chi connectivity index (χ2n) is 10.4. The number of nitrogens with zero attached hydrogens (tertiary/aromatic N) is 2. The van der Waals surface area contributed by atoms with Crippen LogP contribution in [0.5, 0.6) is 0 Å². The zero-order valence-electron chi connectivity index (χ0n) is 21.1. The maximum atomic E-state index is 13.6. The summed E-state index contributed by atoms with van der Waals surface area (Å²) in [5.41, 5.74) is 1.14. The first kappa shape index (κ1) is 26.5. The summed E-state index contributed by atoms with van der Waals surface area (Å²) in [5, 5.41) is 3.75. The van der Waals surface area contributed by atoms with Gasteiger partial charge in [-0.15, -0.1) is 0 Å². The number of aliphatic imine (C=N–C) groups is 1. The average molecular weight is 492 g/mol. The van der Waals surface area contributed by atoms with Crippen molar-refractivity contribution in [2.75, 3.05) is 27.3 Å². The number of hydrogen-bond donors (Lipinski definition) is 1. The number of halogens is 1. The van der Waals surface area contributed by atoms with E-state index in [1.807, 2.05) is 30.9 Å². The normalized spacial score (nSPS) is 25.5. The zero-order chi connectivity index (χ0) is 25.0. The Bertz CT molecular complexity index is 900. The van der Waals surface area contributed by atoms with Gasteiger partial charge in [0.05, 0.1) is 13.0 Å². The summed E-state index contributed by atoms with van der Waals surface area (Å²) in [5.74, 6) is 0.183. The van der Waals surface area contributed by atoms with Crippen molar-refractivity contribution in [2.24, 2.45) is 22.2 Å². The van der Waals surface area contributed by atoms with Crippen LogP contribution in [0.3, 0.4) is 0 Å². The molecular weight excluding hydrogens is 454 g/mol. The zero-order valence-corrected chi connectivity index (χ0v) is 21.9. The van der Waals surface area contributed by atoms with Crippen LogP contribution in [0.1, 0.15) is 58.4 Å². The molecule has 0 aliphatic carbocycles. The molecule has 0 saturated carbocycles. The van der Waals surface area contributed by atoms with Crippen LogP contribution >= 0.6 is 11.6 Å². The molecule has 34 heavy (non-hydrogen) atoms. The van der Waals surface area contributed by atoms with Crippen molar-refractivity contribution < 1.29 is 19.1 Å². The summed E-state index contributed by atoms with van der Waals surface area (Å²) in [7, 11) is 3.10. The van der Waals surface area contributed by atoms with Gasteiger partial charge in [0, 0.05) is 31.6 Å². The number of rotatable bonds is 6. The SMILES string of the molecule is COC1=NC(OC)C(C(=O)N[C@@H](C(=O)N2CC[C@H](c3ccc(Cl)cc3)C(C)(C)C2)C(C)C)CC1. The van der Waals surface area contributed by atoms with Crippen molar-refractivity contribution in [3.63, 3.8) is 0 Å². The van der Waals surface area contributed by atoms with E-state index in [1.54, 1.807) is 7.11 Å². The van der Waals surface area contributed by atoms with Gasteiger partial charge in [-0.25, -0.2) is 4.99 Å². The Morgan fingerprint density at radius 1 is 1.18 bits per heavy atom. The maximum Gasteiger partial charge on any atom is 0.245 e. The van der Waals surface area contributed by atoms with Gasteiger partial charge in [-0.1, -0.05) is 51.4 Å². The fraction of sp³-hybridized carbons (Fsp3) is 0.654. The summed E-state index contributed by atoms with van der Waals surface area (Å²) in [6.07, 6.45) is 1.39. The van der Waals surface area contributed by atoms with Crippen molar-refractivity contribution in [3.8, 4) is 0 Å². The summed E-state index contributed by atoms with van der Waals surface area (Å²) in [6.45, 7) is 9.61. The Hall–Kier alpha value is -2.12. The predicted molar refractivity (Wildman–Crippen MR) is 134 cm³/mol. The Labute approximate surface area is 208 Å². The Morgan fingerprint density at radius 3 is 2.41 bits per heavy atom. The molecule has 0 spiro atoms. The van der Waals surface area contributed by atoms with Gasteiger partial charge in [-0.05, 0) is 47.8 Å². The number of nitrogens with one attached hydrogen (secondary N) is 1. The lowest BCUT2D eigenvalue weighted by atomic mass is 9.70. The molecule has 2 unspecified atom stereocenters. The van der Waals surface area contributed by atoms with E-state index in [1.165, 1.54) is 12.7 Å². The number of methoxy groups -OCH3 is 2. The Morgan fingerprint density at radius 2 is 1.85 bits per heavy atom. The van der Waals surface area contributed by atoms with Crippen molar-refractivity contribution >= 4 is 29.3 Å². The van der Waals surface area contributed by atoms with Gasteiger partial charge in [0.25, 0.3) is 0 Å². The molecule has 8 heteroatoms. The van der Waals surface area contributed by atoms with Gasteiger partial charge in [0.1, 0.15) is 6.04 Å². The monoisotopic (exact) mass is 491 g/mol. The molecule has 0 aromatic heterocycles. The van der Waals surface area contributed by atoms with Crippen molar-refractivity contribution in [3.05, 3.63) is 34.9 Å². The number of carbonyl (C=O) groups excluding carboxylic acids is 2. The highest BCUT2D eigenvalue weighted by Crippen LogP contribution is 2.42. The molecule has 2 aliphatic heterocycles. The third-order valence-corrected chi connectivity index (χ3v) is 7.39. The van der Waals surface area contributed by atoms with E-state index in [9.17, 15) is 9.59 Å². The smallest absolute Gasteiger partial charge is 0.245 e. The minimum absolute atomic E-state index is 0.0307. The molecule has 4 atom stereocenters. The standard InChI is InChI=1S/C26H38ClN3O4/c1-16(2)22(29-23(31)19-11-12-21(33-5)28-24(19)34-6)25(32)30-14-13-20(26(3,4)15-30)17-7-9-18(27)10-8-17/h7-10,16,19-20,22,24H,11-15H2,1-6H3,(H,29,31)/t19?,20-,22-,24?/m1/s1. The van der Waals surface area contributed by atoms with E-state index < -0.39 is 18.2 Å². The number of carbonyl (C=O) groups is 2. The Balaban J connectivity index is 1.69. The fourth-order valence-electron chi connectivity index (χ4n) is 5.18. The topological polar surface area (TPSA) is 80.2 Å². The highest BCUT2D eigenvalue weighted by Gasteiger charge is 2.41. The van der Waals surface area contributed by atoms with Crippen LogP contribution in [0.15, 0.2) is 29.3 Å². The van der Waals surface area contributed by atoms with Crippen LogP contribution in [-0.2, 0) is 19.1 Å². The average Bonchev–Trinajstić information content (AvgIpc) is 2.81. The van der Waals surface area contributed by atoms with Crippen LogP contribution in [0, 0.1) is 17.3 Å². The number of piperidine rings is 1. The minimum Gasteiger partial charge on any atom is -0.484 e. The molecule has 1 aromatic carbocycles. The van der Waals surface area contributed by atoms with Crippen LogP contribution in [-0.4, -0.2) is 62.2 Å². The van der Waals surface area contributed by atoms with Crippen molar-refractivity contribution in [2.45, 2.75) is 65.1 Å². The second-order valence-corrected chi connectivity index (χ2v) is 10.8. The lowest BCUT2D eigenvalue weighted by molar-refractivity contribution is -0.142. The highest BCUT2D eigenvalue weighted by atomic mass is 35.5. The van der Waals surface area contributed by atoms with Crippen LogP contribution < -0.4 is 5.32 Å². The lowest BCUT2D eigenvalue weighted by Crippen LogP contribution is -2.57. The van der Waals surface area contributed by atoms with Crippen molar-refractivity contribution in [1.82, 2.24) is 10.2 Å². The molecule has 2 heterocycles. The van der Waals surface area contributed by atoms with Crippen LogP contribution in [0.25, 0.3) is 0 Å². The van der Waals surface area contributed by atoms with Crippen molar-refractivity contribution in [1.29, 1.82) is 0 Å². The molecule has 3 rings (SSSR count). The maximum absolute atomic E-state index is 13.6. The van der Waals surface area contributed by atoms with Gasteiger partial charge >= 0.3 is 0 Å². The molecule has 188 valence electrons. The summed E-state index contributed by atoms with van der Waals surface area (Å²) in [6, 6.07) is 7.41. The number of benzene rings is 1. The predicted octanol–water partition coefficient (Wildman–Crippen LogP) is 4.25. The third-order valence-electron chi connectivity index (χ3n) is 7.14. The number of likely N-dealkylation sites (tertiary alicyclic amines) is 1. The summed E-state index contributed by atoms with van der Waals surface area (Å²) >= 11 is 6.07. The van der Waals surface area contributed by atoms with E-state index >= 15 is 0 Å². The molecule has 1 aromatic rings. The number of amides is 2.